The molecule has 0 aliphatic heterocycles. The molecule has 3 N–H and O–H groups in total. The van der Waals surface area contributed by atoms with Gasteiger partial charge in [-0.15, -0.1) is 0 Å². The van der Waals surface area contributed by atoms with Gasteiger partial charge in [-0.3, -0.25) is 4.79 Å². The van der Waals surface area contributed by atoms with Crippen LogP contribution >= 0.6 is 0 Å². The van der Waals surface area contributed by atoms with E-state index in [4.69, 9.17) is 9.63 Å². The Morgan fingerprint density at radius 2 is 2.16 bits per heavy atom. The summed E-state index contributed by atoms with van der Waals surface area (Å²) in [5, 5.41) is 17.6. The molecule has 0 saturated carbocycles. The number of carboxylic acids is 1. The van der Waals surface area contributed by atoms with Crippen molar-refractivity contribution in [1.29, 1.82) is 0 Å². The number of aliphatic carboxylic acids is 1. The minimum atomic E-state index is -0.949. The van der Waals surface area contributed by atoms with E-state index in [0.717, 1.165) is 0 Å². The summed E-state index contributed by atoms with van der Waals surface area (Å²) in [5.74, 6) is -0.420. The van der Waals surface area contributed by atoms with Crippen LogP contribution in [0.2, 0.25) is 0 Å². The molecule has 1 aromatic rings. The van der Waals surface area contributed by atoms with E-state index < -0.39 is 18.0 Å². The van der Waals surface area contributed by atoms with E-state index in [-0.39, 0.29) is 18.4 Å². The summed E-state index contributed by atoms with van der Waals surface area (Å²) in [5.41, 5.74) is -0.345. The Kier molecular flexibility index (Phi) is 4.91. The number of amides is 2. The Bertz CT molecular complexity index is 423. The van der Waals surface area contributed by atoms with Crippen LogP contribution in [-0.2, 0) is 11.3 Å². The SMILES string of the molecule is CC(C)(C)C(CC(=O)O)NC(=O)NCc1ccno1. The first-order valence-electron chi connectivity index (χ1n) is 5.95. The molecule has 0 saturated heterocycles. The lowest BCUT2D eigenvalue weighted by molar-refractivity contribution is -0.138. The first-order chi connectivity index (χ1) is 8.79. The Morgan fingerprint density at radius 3 is 2.63 bits per heavy atom. The predicted octanol–water partition coefficient (Wildman–Crippen LogP) is 1.36. The summed E-state index contributed by atoms with van der Waals surface area (Å²) >= 11 is 0. The Labute approximate surface area is 111 Å². The number of hydrogen-bond donors (Lipinski definition) is 3. The molecule has 0 aromatic carbocycles. The van der Waals surface area contributed by atoms with Gasteiger partial charge >= 0.3 is 12.0 Å². The van der Waals surface area contributed by atoms with Crippen molar-refractivity contribution >= 4 is 12.0 Å². The number of aromatic nitrogens is 1. The fraction of sp³-hybridized carbons (Fsp3) is 0.583. The molecule has 1 heterocycles. The first-order valence-corrected chi connectivity index (χ1v) is 5.95. The normalized spacial score (nSPS) is 12.8. The minimum absolute atomic E-state index is 0.126. The molecule has 0 aliphatic carbocycles. The maximum atomic E-state index is 11.7. The minimum Gasteiger partial charge on any atom is -0.481 e. The van der Waals surface area contributed by atoms with E-state index in [0.29, 0.717) is 5.76 Å². The number of hydrogen-bond acceptors (Lipinski definition) is 4. The first kappa shape index (κ1) is 15.0. The van der Waals surface area contributed by atoms with Crippen molar-refractivity contribution in [3.8, 4) is 0 Å². The lowest BCUT2D eigenvalue weighted by Crippen LogP contribution is -2.48. The summed E-state index contributed by atoms with van der Waals surface area (Å²) in [6.45, 7) is 5.82. The number of carbonyl (C=O) groups is 2. The van der Waals surface area contributed by atoms with Crippen molar-refractivity contribution < 1.29 is 19.2 Å². The highest BCUT2D eigenvalue weighted by Crippen LogP contribution is 2.21. The lowest BCUT2D eigenvalue weighted by atomic mass is 9.85. The Morgan fingerprint density at radius 1 is 1.47 bits per heavy atom. The molecule has 0 fully saturated rings. The van der Waals surface area contributed by atoms with Crippen molar-refractivity contribution in [1.82, 2.24) is 15.8 Å². The maximum absolute atomic E-state index is 11.7. The number of carbonyl (C=O) groups excluding carboxylic acids is 1. The molecule has 0 bridgehead atoms. The third-order valence-corrected chi connectivity index (χ3v) is 2.64. The number of carboxylic acid groups (broad SMARTS) is 1. The van der Waals surface area contributed by atoms with E-state index in [1.807, 2.05) is 20.8 Å². The van der Waals surface area contributed by atoms with Gasteiger partial charge in [-0.1, -0.05) is 25.9 Å². The predicted molar refractivity (Wildman–Crippen MR) is 67.4 cm³/mol. The molecular weight excluding hydrogens is 250 g/mol. The van der Waals surface area contributed by atoms with E-state index >= 15 is 0 Å². The number of urea groups is 1. The molecule has 0 spiro atoms. The van der Waals surface area contributed by atoms with Crippen LogP contribution in [0, 0.1) is 5.41 Å². The molecule has 7 heteroatoms. The zero-order valence-electron chi connectivity index (χ0n) is 11.3. The molecule has 7 nitrogen and oxygen atoms in total. The second-order valence-electron chi connectivity index (χ2n) is 5.32. The van der Waals surface area contributed by atoms with Crippen LogP contribution in [0.3, 0.4) is 0 Å². The van der Waals surface area contributed by atoms with Crippen LogP contribution in [0.4, 0.5) is 4.79 Å². The molecule has 1 aromatic heterocycles. The highest BCUT2D eigenvalue weighted by molar-refractivity contribution is 5.75. The van der Waals surface area contributed by atoms with E-state index in [1.165, 1.54) is 6.20 Å². The number of nitrogens with one attached hydrogen (secondary N) is 2. The highest BCUT2D eigenvalue weighted by atomic mass is 16.5. The average molecular weight is 269 g/mol. The second-order valence-corrected chi connectivity index (χ2v) is 5.32. The Hall–Kier alpha value is -2.05. The molecule has 19 heavy (non-hydrogen) atoms. The topological polar surface area (TPSA) is 104 Å². The highest BCUT2D eigenvalue weighted by Gasteiger charge is 2.28. The zero-order valence-corrected chi connectivity index (χ0v) is 11.3. The number of nitrogens with zero attached hydrogens (tertiary/aromatic N) is 1. The van der Waals surface area contributed by atoms with E-state index in [1.54, 1.807) is 6.07 Å². The standard InChI is InChI=1S/C12H19N3O4/c1-12(2,3)9(6-10(16)17)15-11(18)13-7-8-4-5-14-19-8/h4-5,9H,6-7H2,1-3H3,(H,16,17)(H2,13,15,18). The molecule has 1 unspecified atom stereocenters. The summed E-state index contributed by atoms with van der Waals surface area (Å²) in [6, 6.07) is 0.746. The zero-order chi connectivity index (χ0) is 14.5. The lowest BCUT2D eigenvalue weighted by Gasteiger charge is -2.30. The summed E-state index contributed by atoms with van der Waals surface area (Å²) in [4.78, 5) is 22.5. The van der Waals surface area contributed by atoms with Gasteiger partial charge in [0.25, 0.3) is 0 Å². The van der Waals surface area contributed by atoms with Gasteiger partial charge in [0.2, 0.25) is 0 Å². The smallest absolute Gasteiger partial charge is 0.315 e. The van der Waals surface area contributed by atoms with Crippen molar-refractivity contribution in [2.24, 2.45) is 5.41 Å². The van der Waals surface area contributed by atoms with Gasteiger partial charge < -0.3 is 20.3 Å². The van der Waals surface area contributed by atoms with Crippen molar-refractivity contribution in [3.63, 3.8) is 0 Å². The van der Waals surface area contributed by atoms with Crippen LogP contribution in [0.15, 0.2) is 16.8 Å². The van der Waals surface area contributed by atoms with Gasteiger partial charge in [-0.05, 0) is 5.41 Å². The molecule has 106 valence electrons. The quantitative estimate of drug-likeness (QED) is 0.748. The van der Waals surface area contributed by atoms with Gasteiger partial charge in [0, 0.05) is 12.1 Å². The fourth-order valence-corrected chi connectivity index (χ4v) is 1.46. The largest absolute Gasteiger partial charge is 0.481 e. The molecule has 0 aliphatic rings. The summed E-state index contributed by atoms with van der Waals surface area (Å²) in [7, 11) is 0. The molecular formula is C12H19N3O4. The van der Waals surface area contributed by atoms with Gasteiger partial charge in [-0.2, -0.15) is 0 Å². The molecule has 1 rings (SSSR count). The van der Waals surface area contributed by atoms with Crippen molar-refractivity contribution in [2.45, 2.75) is 39.8 Å². The molecule has 1 atom stereocenters. The summed E-state index contributed by atoms with van der Waals surface area (Å²) in [6.07, 6.45) is 1.36. The van der Waals surface area contributed by atoms with Gasteiger partial charge in [0.05, 0.1) is 19.2 Å². The van der Waals surface area contributed by atoms with Crippen LogP contribution in [-0.4, -0.2) is 28.3 Å². The van der Waals surface area contributed by atoms with Crippen LogP contribution < -0.4 is 10.6 Å². The van der Waals surface area contributed by atoms with Gasteiger partial charge in [0.15, 0.2) is 5.76 Å². The monoisotopic (exact) mass is 269 g/mol. The maximum Gasteiger partial charge on any atom is 0.315 e. The molecule has 0 radical (unpaired) electrons. The average Bonchev–Trinajstić information content (AvgIpc) is 2.76. The molecule has 2 amide bonds. The fourth-order valence-electron chi connectivity index (χ4n) is 1.46. The second kappa shape index (κ2) is 6.21. The third-order valence-electron chi connectivity index (χ3n) is 2.64. The van der Waals surface area contributed by atoms with Gasteiger partial charge in [0.1, 0.15) is 0 Å². The van der Waals surface area contributed by atoms with Crippen LogP contribution in [0.1, 0.15) is 33.0 Å². The van der Waals surface area contributed by atoms with Crippen molar-refractivity contribution in [2.75, 3.05) is 0 Å². The Balaban J connectivity index is 2.49. The van der Waals surface area contributed by atoms with Crippen molar-refractivity contribution in [3.05, 3.63) is 18.0 Å². The van der Waals surface area contributed by atoms with E-state index in [2.05, 4.69) is 15.8 Å². The van der Waals surface area contributed by atoms with E-state index in [9.17, 15) is 9.59 Å². The van der Waals surface area contributed by atoms with Crippen LogP contribution in [0.25, 0.3) is 0 Å². The third kappa shape index (κ3) is 5.41. The van der Waals surface area contributed by atoms with Crippen LogP contribution in [0.5, 0.6) is 0 Å². The number of rotatable bonds is 5. The summed E-state index contributed by atoms with van der Waals surface area (Å²) < 4.78 is 4.83. The van der Waals surface area contributed by atoms with Gasteiger partial charge in [-0.25, -0.2) is 4.79 Å².